The largest absolute Gasteiger partial charge is 0.468 e. The molecule has 166 valence electrons. The fourth-order valence-electron chi connectivity index (χ4n) is 3.16. The van der Waals surface area contributed by atoms with Crippen LogP contribution in [0.3, 0.4) is 0 Å². The average molecular weight is 408 g/mol. The van der Waals surface area contributed by atoms with Crippen molar-refractivity contribution in [2.45, 2.75) is 66.4 Å². The normalized spacial score (nSPS) is 14.6. The molecule has 0 aliphatic rings. The molecular weight excluding hydrogens is 366 g/mol. The number of amides is 1. The second kappa shape index (κ2) is 16.0. The molecule has 0 saturated heterocycles. The van der Waals surface area contributed by atoms with Crippen LogP contribution in [0.2, 0.25) is 0 Å². The van der Waals surface area contributed by atoms with E-state index in [4.69, 9.17) is 4.74 Å². The Morgan fingerprint density at radius 3 is 2.10 bits per heavy atom. The number of nitrogens with one attached hydrogen (secondary N) is 1. The zero-order chi connectivity index (χ0) is 22.2. The predicted octanol–water partition coefficient (Wildman–Crippen LogP) is 4.77. The molecule has 0 saturated carbocycles. The van der Waals surface area contributed by atoms with Crippen LogP contribution in [-0.2, 0) is 19.1 Å². The molecule has 1 N–H and O–H groups in total. The van der Waals surface area contributed by atoms with Crippen LogP contribution >= 0.6 is 0 Å². The number of methoxy groups -OCH3 is 2. The van der Waals surface area contributed by atoms with Crippen LogP contribution in [0.1, 0.15) is 58.9 Å². The van der Waals surface area contributed by atoms with Gasteiger partial charge in [-0.15, -0.1) is 0 Å². The van der Waals surface area contributed by atoms with Gasteiger partial charge in [0.25, 0.3) is 0 Å². The minimum absolute atomic E-state index is 0.0987. The van der Waals surface area contributed by atoms with Crippen molar-refractivity contribution in [3.63, 3.8) is 0 Å². The predicted molar refractivity (Wildman–Crippen MR) is 119 cm³/mol. The van der Waals surface area contributed by atoms with Crippen molar-refractivity contribution >= 4 is 11.9 Å². The zero-order valence-corrected chi connectivity index (χ0v) is 19.4. The highest BCUT2D eigenvalue weighted by molar-refractivity contribution is 5.83. The van der Waals surface area contributed by atoms with Gasteiger partial charge in [-0.2, -0.15) is 0 Å². The maximum Gasteiger partial charge on any atom is 0.325 e. The van der Waals surface area contributed by atoms with Gasteiger partial charge < -0.3 is 14.8 Å². The number of benzene rings is 1. The Morgan fingerprint density at radius 1 is 1.03 bits per heavy atom. The first-order chi connectivity index (χ1) is 13.8. The number of aryl methyl sites for hydroxylation is 1. The maximum absolute atomic E-state index is 12.1. The third kappa shape index (κ3) is 12.3. The Balaban J connectivity index is 0.000000929. The molecule has 5 nitrogen and oxygen atoms in total. The van der Waals surface area contributed by atoms with Crippen LogP contribution in [0.15, 0.2) is 30.3 Å². The Labute approximate surface area is 177 Å². The second-order valence-electron chi connectivity index (χ2n) is 7.86. The molecule has 29 heavy (non-hydrogen) atoms. The van der Waals surface area contributed by atoms with Crippen molar-refractivity contribution in [1.29, 1.82) is 0 Å². The van der Waals surface area contributed by atoms with Crippen LogP contribution in [0.25, 0.3) is 0 Å². The summed E-state index contributed by atoms with van der Waals surface area (Å²) in [5.74, 6) is 0.123. The van der Waals surface area contributed by atoms with Gasteiger partial charge in [-0.3, -0.25) is 9.59 Å². The topological polar surface area (TPSA) is 64.6 Å². The standard InChI is InChI=1S/C17H33NO4.C7H8/c1-7-12(2)9-8-10-13(3)16(22-6)14(4)17(20)18-11-15(19)21-5;1-7-5-3-2-4-6-7/h12-14,16H,7-11H2,1-6H3,(H,18,20);2-6H,1H3. The van der Waals surface area contributed by atoms with Crippen molar-refractivity contribution in [2.24, 2.45) is 17.8 Å². The highest BCUT2D eigenvalue weighted by Gasteiger charge is 2.28. The third-order valence-corrected chi connectivity index (χ3v) is 5.37. The van der Waals surface area contributed by atoms with E-state index in [1.165, 1.54) is 25.5 Å². The van der Waals surface area contributed by atoms with Gasteiger partial charge in [0.05, 0.1) is 19.1 Å². The molecule has 0 aliphatic carbocycles. The van der Waals surface area contributed by atoms with E-state index in [9.17, 15) is 9.59 Å². The summed E-state index contributed by atoms with van der Waals surface area (Å²) in [4.78, 5) is 23.2. The SMILES string of the molecule is CCC(C)CCCC(C)C(OC)C(C)C(=O)NCC(=O)OC.Cc1ccccc1. The van der Waals surface area contributed by atoms with E-state index in [0.29, 0.717) is 5.92 Å². The van der Waals surface area contributed by atoms with Crippen molar-refractivity contribution in [1.82, 2.24) is 5.32 Å². The molecule has 1 amide bonds. The summed E-state index contributed by atoms with van der Waals surface area (Å²) >= 11 is 0. The van der Waals surface area contributed by atoms with E-state index in [0.717, 1.165) is 18.8 Å². The molecule has 1 aromatic rings. The molecule has 0 heterocycles. The van der Waals surface area contributed by atoms with Gasteiger partial charge in [-0.25, -0.2) is 0 Å². The lowest BCUT2D eigenvalue weighted by Gasteiger charge is -2.28. The van der Waals surface area contributed by atoms with Gasteiger partial charge in [-0.1, -0.05) is 82.9 Å². The van der Waals surface area contributed by atoms with Gasteiger partial charge in [0, 0.05) is 7.11 Å². The highest BCUT2D eigenvalue weighted by atomic mass is 16.5. The molecule has 0 fully saturated rings. The zero-order valence-electron chi connectivity index (χ0n) is 19.4. The molecule has 0 bridgehead atoms. The number of ether oxygens (including phenoxy) is 2. The van der Waals surface area contributed by atoms with E-state index < -0.39 is 5.97 Å². The molecule has 0 aromatic heterocycles. The number of esters is 1. The van der Waals surface area contributed by atoms with Crippen molar-refractivity contribution in [3.8, 4) is 0 Å². The number of rotatable bonds is 11. The van der Waals surface area contributed by atoms with Crippen LogP contribution in [0, 0.1) is 24.7 Å². The van der Waals surface area contributed by atoms with E-state index in [-0.39, 0.29) is 24.5 Å². The van der Waals surface area contributed by atoms with Gasteiger partial charge >= 0.3 is 5.97 Å². The van der Waals surface area contributed by atoms with Crippen LogP contribution in [0.5, 0.6) is 0 Å². The third-order valence-electron chi connectivity index (χ3n) is 5.37. The molecule has 4 atom stereocenters. The lowest BCUT2D eigenvalue weighted by molar-refractivity contribution is -0.142. The van der Waals surface area contributed by atoms with E-state index in [1.807, 2.05) is 25.1 Å². The Hall–Kier alpha value is -1.88. The summed E-state index contributed by atoms with van der Waals surface area (Å²) in [6.45, 7) is 10.4. The number of hydrogen-bond acceptors (Lipinski definition) is 4. The Bertz CT molecular complexity index is 561. The first-order valence-electron chi connectivity index (χ1n) is 10.7. The smallest absolute Gasteiger partial charge is 0.325 e. The van der Waals surface area contributed by atoms with Crippen LogP contribution in [0.4, 0.5) is 0 Å². The Kier molecular flexibility index (Phi) is 14.9. The Morgan fingerprint density at radius 2 is 1.66 bits per heavy atom. The molecular formula is C24H41NO4. The fraction of sp³-hybridized carbons (Fsp3) is 0.667. The summed E-state index contributed by atoms with van der Waals surface area (Å²) < 4.78 is 10.1. The molecule has 0 aliphatic heterocycles. The monoisotopic (exact) mass is 407 g/mol. The summed E-state index contributed by atoms with van der Waals surface area (Å²) in [5, 5.41) is 2.59. The van der Waals surface area contributed by atoms with Gasteiger partial charge in [0.2, 0.25) is 5.91 Å². The summed E-state index contributed by atoms with van der Waals surface area (Å²) in [6, 6.07) is 10.3. The summed E-state index contributed by atoms with van der Waals surface area (Å²) in [5.41, 5.74) is 1.32. The molecule has 4 unspecified atom stereocenters. The first kappa shape index (κ1) is 27.1. The highest BCUT2D eigenvalue weighted by Crippen LogP contribution is 2.23. The van der Waals surface area contributed by atoms with E-state index in [2.05, 4.69) is 49.9 Å². The minimum atomic E-state index is -0.448. The molecule has 0 radical (unpaired) electrons. The lowest BCUT2D eigenvalue weighted by atomic mass is 9.87. The second-order valence-corrected chi connectivity index (χ2v) is 7.86. The first-order valence-corrected chi connectivity index (χ1v) is 10.7. The van der Waals surface area contributed by atoms with Crippen LogP contribution in [-0.4, -0.2) is 38.7 Å². The van der Waals surface area contributed by atoms with Gasteiger partial charge in [0.1, 0.15) is 6.54 Å². The lowest BCUT2D eigenvalue weighted by Crippen LogP contribution is -2.41. The summed E-state index contributed by atoms with van der Waals surface area (Å²) in [6.07, 6.45) is 4.45. The van der Waals surface area contributed by atoms with Gasteiger partial charge in [0.15, 0.2) is 0 Å². The average Bonchev–Trinajstić information content (AvgIpc) is 2.72. The quantitative estimate of drug-likeness (QED) is 0.537. The van der Waals surface area contributed by atoms with Crippen molar-refractivity contribution in [3.05, 3.63) is 35.9 Å². The maximum atomic E-state index is 12.1. The number of carbonyl (C=O) groups excluding carboxylic acids is 2. The summed E-state index contributed by atoms with van der Waals surface area (Å²) in [7, 11) is 2.94. The minimum Gasteiger partial charge on any atom is -0.468 e. The van der Waals surface area contributed by atoms with Crippen molar-refractivity contribution in [2.75, 3.05) is 20.8 Å². The van der Waals surface area contributed by atoms with Gasteiger partial charge in [-0.05, 0) is 25.2 Å². The number of carbonyl (C=O) groups is 2. The number of hydrogen-bond donors (Lipinski definition) is 1. The molecule has 5 heteroatoms. The molecule has 1 aromatic carbocycles. The molecule has 0 spiro atoms. The van der Waals surface area contributed by atoms with E-state index >= 15 is 0 Å². The molecule has 1 rings (SSSR count). The van der Waals surface area contributed by atoms with Crippen molar-refractivity contribution < 1.29 is 19.1 Å². The van der Waals surface area contributed by atoms with E-state index in [1.54, 1.807) is 7.11 Å². The van der Waals surface area contributed by atoms with Crippen LogP contribution < -0.4 is 5.32 Å². The fourth-order valence-corrected chi connectivity index (χ4v) is 3.16.